The van der Waals surface area contributed by atoms with E-state index < -0.39 is 35.3 Å². The Kier molecular flexibility index (Phi) is 9.70. The summed E-state index contributed by atoms with van der Waals surface area (Å²) in [6, 6.07) is 2.35. The molecule has 1 aromatic rings. The van der Waals surface area contributed by atoms with Gasteiger partial charge >= 0.3 is 6.18 Å². The first-order valence-electron chi connectivity index (χ1n) is 11.6. The fourth-order valence-electron chi connectivity index (χ4n) is 4.55. The summed E-state index contributed by atoms with van der Waals surface area (Å²) in [6.45, 7) is 6.94. The van der Waals surface area contributed by atoms with E-state index in [1.54, 1.807) is 4.90 Å². The fourth-order valence-corrected chi connectivity index (χ4v) is 4.55. The van der Waals surface area contributed by atoms with Crippen LogP contribution in [-0.4, -0.2) is 35.8 Å². The molecular weight excluding hydrogens is 438 g/mol. The van der Waals surface area contributed by atoms with Crippen LogP contribution in [0.4, 0.5) is 17.6 Å². The van der Waals surface area contributed by atoms with Crippen molar-refractivity contribution in [1.82, 2.24) is 10.2 Å². The van der Waals surface area contributed by atoms with E-state index in [9.17, 15) is 27.2 Å². The standard InChI is InChI=1S/C24H35F4N3O2/c1-4-6-20(22(29)32)21(9-15(2)3)23(33)31-8-5-7-19(14-31)30-13-16-10-17(24(26,27)28)12-18(25)11-16/h10-12,15,19-21,30H,4-9,13-14H2,1-3H3,(H2,29,32)/t19?,20-,21+/m0/s1. The van der Waals surface area contributed by atoms with Crippen LogP contribution in [0.15, 0.2) is 18.2 Å². The molecule has 2 rings (SSSR count). The van der Waals surface area contributed by atoms with Crippen molar-refractivity contribution in [1.29, 1.82) is 0 Å². The van der Waals surface area contributed by atoms with Gasteiger partial charge in [0.05, 0.1) is 5.56 Å². The highest BCUT2D eigenvalue weighted by atomic mass is 19.4. The zero-order chi connectivity index (χ0) is 24.8. The number of nitrogens with one attached hydrogen (secondary N) is 1. The Morgan fingerprint density at radius 1 is 1.21 bits per heavy atom. The Hall–Kier alpha value is -2.16. The highest BCUT2D eigenvalue weighted by molar-refractivity contribution is 5.87. The number of hydrogen-bond acceptors (Lipinski definition) is 3. The molecule has 0 radical (unpaired) electrons. The topological polar surface area (TPSA) is 75.4 Å². The predicted molar refractivity (Wildman–Crippen MR) is 118 cm³/mol. The highest BCUT2D eigenvalue weighted by Gasteiger charge is 2.36. The molecule has 1 aliphatic rings. The molecule has 5 nitrogen and oxygen atoms in total. The fraction of sp³-hybridized carbons (Fsp3) is 0.667. The lowest BCUT2D eigenvalue weighted by Crippen LogP contribution is -2.51. The van der Waals surface area contributed by atoms with Crippen LogP contribution >= 0.6 is 0 Å². The third-order valence-corrected chi connectivity index (χ3v) is 6.11. The maximum Gasteiger partial charge on any atom is 0.416 e. The molecule has 1 fully saturated rings. The van der Waals surface area contributed by atoms with E-state index in [0.29, 0.717) is 32.0 Å². The lowest BCUT2D eigenvalue weighted by molar-refractivity contribution is -0.143. The Morgan fingerprint density at radius 3 is 2.48 bits per heavy atom. The Labute approximate surface area is 193 Å². The number of halogens is 4. The average Bonchev–Trinajstić information content (AvgIpc) is 2.73. The van der Waals surface area contributed by atoms with Crippen LogP contribution in [0.25, 0.3) is 0 Å². The molecular formula is C24H35F4N3O2. The SMILES string of the molecule is CCC[C@H](C(N)=O)[C@@H](CC(C)C)C(=O)N1CCCC(NCc2cc(F)cc(C(F)(F)F)c2)C1. The minimum atomic E-state index is -4.62. The van der Waals surface area contributed by atoms with Gasteiger partial charge in [-0.3, -0.25) is 9.59 Å². The van der Waals surface area contributed by atoms with Crippen LogP contribution in [0.5, 0.6) is 0 Å². The van der Waals surface area contributed by atoms with Crippen LogP contribution in [0.1, 0.15) is 64.0 Å². The van der Waals surface area contributed by atoms with Gasteiger partial charge in [-0.15, -0.1) is 0 Å². The van der Waals surface area contributed by atoms with Crippen molar-refractivity contribution in [2.75, 3.05) is 13.1 Å². The molecule has 1 unspecified atom stereocenters. The first-order valence-corrected chi connectivity index (χ1v) is 11.6. The summed E-state index contributed by atoms with van der Waals surface area (Å²) < 4.78 is 52.6. The first kappa shape index (κ1) is 27.1. The smallest absolute Gasteiger partial charge is 0.369 e. The van der Waals surface area contributed by atoms with Crippen molar-refractivity contribution in [3.05, 3.63) is 35.1 Å². The van der Waals surface area contributed by atoms with Crippen LogP contribution in [0.3, 0.4) is 0 Å². The van der Waals surface area contributed by atoms with Gasteiger partial charge in [-0.05, 0) is 55.4 Å². The molecule has 9 heteroatoms. The molecule has 2 amide bonds. The van der Waals surface area contributed by atoms with Gasteiger partial charge in [0.1, 0.15) is 5.82 Å². The number of amides is 2. The van der Waals surface area contributed by atoms with E-state index in [0.717, 1.165) is 31.4 Å². The minimum Gasteiger partial charge on any atom is -0.369 e. The number of nitrogens with zero attached hydrogens (tertiary/aromatic N) is 1. The number of rotatable bonds is 10. The summed E-state index contributed by atoms with van der Waals surface area (Å²) in [5.74, 6) is -2.30. The van der Waals surface area contributed by atoms with Crippen molar-refractivity contribution in [3.63, 3.8) is 0 Å². The number of carbonyl (C=O) groups is 2. The summed E-state index contributed by atoms with van der Waals surface area (Å²) in [5.41, 5.74) is 4.80. The number of benzene rings is 1. The van der Waals surface area contributed by atoms with Crippen LogP contribution < -0.4 is 11.1 Å². The summed E-state index contributed by atoms with van der Waals surface area (Å²) in [7, 11) is 0. The van der Waals surface area contributed by atoms with Gasteiger partial charge in [0.15, 0.2) is 0 Å². The molecule has 0 saturated carbocycles. The summed E-state index contributed by atoms with van der Waals surface area (Å²) in [6.07, 6.45) is -1.29. The zero-order valence-electron chi connectivity index (χ0n) is 19.6. The van der Waals surface area contributed by atoms with Crippen molar-refractivity contribution >= 4 is 11.8 Å². The van der Waals surface area contributed by atoms with Crippen molar-refractivity contribution in [2.24, 2.45) is 23.5 Å². The van der Waals surface area contributed by atoms with Gasteiger partial charge in [-0.1, -0.05) is 27.2 Å². The predicted octanol–water partition coefficient (Wildman–Crippen LogP) is 4.49. The maximum atomic E-state index is 13.7. The van der Waals surface area contributed by atoms with Gasteiger partial charge < -0.3 is 16.0 Å². The quantitative estimate of drug-likeness (QED) is 0.492. The summed E-state index contributed by atoms with van der Waals surface area (Å²) in [5, 5.41) is 3.17. The Balaban J connectivity index is 2.08. The molecule has 33 heavy (non-hydrogen) atoms. The van der Waals surface area contributed by atoms with Gasteiger partial charge in [0.2, 0.25) is 11.8 Å². The van der Waals surface area contributed by atoms with Crippen LogP contribution in [0.2, 0.25) is 0 Å². The van der Waals surface area contributed by atoms with Crippen molar-refractivity contribution in [2.45, 2.75) is 71.6 Å². The zero-order valence-corrected chi connectivity index (χ0v) is 19.6. The molecule has 1 heterocycles. The third kappa shape index (κ3) is 7.98. The number of carbonyl (C=O) groups excluding carboxylic acids is 2. The number of primary amides is 1. The minimum absolute atomic E-state index is 0.0582. The number of likely N-dealkylation sites (tertiary alicyclic amines) is 1. The number of hydrogen-bond donors (Lipinski definition) is 2. The molecule has 0 aromatic heterocycles. The molecule has 1 aromatic carbocycles. The highest BCUT2D eigenvalue weighted by Crippen LogP contribution is 2.31. The third-order valence-electron chi connectivity index (χ3n) is 6.11. The molecule has 186 valence electrons. The lowest BCUT2D eigenvalue weighted by atomic mass is 9.81. The van der Waals surface area contributed by atoms with Crippen molar-refractivity contribution in [3.8, 4) is 0 Å². The largest absolute Gasteiger partial charge is 0.416 e. The van der Waals surface area contributed by atoms with Gasteiger partial charge in [0, 0.05) is 37.5 Å². The van der Waals surface area contributed by atoms with Gasteiger partial charge in [0.25, 0.3) is 0 Å². The van der Waals surface area contributed by atoms with Gasteiger partial charge in [-0.2, -0.15) is 13.2 Å². The molecule has 3 atom stereocenters. The van der Waals surface area contributed by atoms with Crippen molar-refractivity contribution < 1.29 is 27.2 Å². The summed E-state index contributed by atoms with van der Waals surface area (Å²) >= 11 is 0. The van der Waals surface area contributed by atoms with E-state index in [4.69, 9.17) is 5.73 Å². The van der Waals surface area contributed by atoms with Gasteiger partial charge in [-0.25, -0.2) is 4.39 Å². The van der Waals surface area contributed by atoms with E-state index in [-0.39, 0.29) is 30.0 Å². The number of nitrogens with two attached hydrogens (primary N) is 1. The molecule has 1 saturated heterocycles. The molecule has 0 spiro atoms. The normalized spacial score (nSPS) is 18.9. The molecule has 3 N–H and O–H groups in total. The molecule has 0 bridgehead atoms. The second kappa shape index (κ2) is 11.8. The number of piperidine rings is 1. The monoisotopic (exact) mass is 473 g/mol. The van der Waals surface area contributed by atoms with E-state index in [1.807, 2.05) is 20.8 Å². The molecule has 0 aliphatic carbocycles. The maximum absolute atomic E-state index is 13.7. The van der Waals surface area contributed by atoms with Crippen LogP contribution in [-0.2, 0) is 22.3 Å². The molecule has 1 aliphatic heterocycles. The lowest BCUT2D eigenvalue weighted by Gasteiger charge is -2.37. The van der Waals surface area contributed by atoms with E-state index in [1.165, 1.54) is 0 Å². The van der Waals surface area contributed by atoms with E-state index >= 15 is 0 Å². The Bertz CT molecular complexity index is 813. The first-order chi connectivity index (χ1) is 15.4. The second-order valence-electron chi connectivity index (χ2n) is 9.38. The van der Waals surface area contributed by atoms with E-state index in [2.05, 4.69) is 5.32 Å². The second-order valence-corrected chi connectivity index (χ2v) is 9.38. The average molecular weight is 474 g/mol. The van der Waals surface area contributed by atoms with Crippen LogP contribution in [0, 0.1) is 23.6 Å². The summed E-state index contributed by atoms with van der Waals surface area (Å²) in [4.78, 5) is 27.2. The Morgan fingerprint density at radius 2 is 1.91 bits per heavy atom. The number of alkyl halides is 3.